The molecular weight excluding hydrogens is 456 g/mol. The molecule has 4 aromatic rings. The SMILES string of the molecule is N#Cc1ccc(-c2ccc(OCCCCCCOc3ccc(-c4ccc(F)cc4)c(F)c3)cc2)cc1. The minimum Gasteiger partial charge on any atom is -0.494 e. The highest BCUT2D eigenvalue weighted by molar-refractivity contribution is 5.65. The molecule has 0 aliphatic rings. The summed E-state index contributed by atoms with van der Waals surface area (Å²) < 4.78 is 39.0. The van der Waals surface area contributed by atoms with Crippen molar-refractivity contribution in [2.45, 2.75) is 25.7 Å². The minimum absolute atomic E-state index is 0.347. The zero-order chi connectivity index (χ0) is 25.2. The summed E-state index contributed by atoms with van der Waals surface area (Å²) >= 11 is 0. The fraction of sp³-hybridized carbons (Fsp3) is 0.194. The lowest BCUT2D eigenvalue weighted by Gasteiger charge is -2.09. The minimum atomic E-state index is -0.388. The molecule has 0 aromatic heterocycles. The molecule has 5 heteroatoms. The smallest absolute Gasteiger partial charge is 0.134 e. The largest absolute Gasteiger partial charge is 0.494 e. The summed E-state index contributed by atoms with van der Waals surface area (Å²) in [6.45, 7) is 1.17. The van der Waals surface area contributed by atoms with E-state index in [1.807, 2.05) is 48.5 Å². The number of benzene rings is 4. The van der Waals surface area contributed by atoms with Crippen LogP contribution in [0.1, 0.15) is 31.2 Å². The second-order valence-electron chi connectivity index (χ2n) is 8.47. The maximum atomic E-state index is 14.4. The number of ether oxygens (including phenoxy) is 2. The fourth-order valence-corrected chi connectivity index (χ4v) is 3.87. The van der Waals surface area contributed by atoms with Crippen molar-refractivity contribution in [1.82, 2.24) is 0 Å². The van der Waals surface area contributed by atoms with Gasteiger partial charge in [0.15, 0.2) is 0 Å². The van der Waals surface area contributed by atoms with Gasteiger partial charge in [-0.1, -0.05) is 36.4 Å². The molecular formula is C31H27F2NO2. The van der Waals surface area contributed by atoms with Crippen LogP contribution in [-0.2, 0) is 0 Å². The van der Waals surface area contributed by atoms with Gasteiger partial charge in [0, 0.05) is 11.6 Å². The van der Waals surface area contributed by atoms with Gasteiger partial charge >= 0.3 is 0 Å². The van der Waals surface area contributed by atoms with E-state index in [2.05, 4.69) is 6.07 Å². The molecule has 0 unspecified atom stereocenters. The number of hydrogen-bond donors (Lipinski definition) is 0. The highest BCUT2D eigenvalue weighted by Crippen LogP contribution is 2.27. The van der Waals surface area contributed by atoms with Gasteiger partial charge < -0.3 is 9.47 Å². The van der Waals surface area contributed by atoms with Crippen LogP contribution in [0.5, 0.6) is 11.5 Å². The van der Waals surface area contributed by atoms with E-state index in [0.717, 1.165) is 42.6 Å². The van der Waals surface area contributed by atoms with Crippen molar-refractivity contribution < 1.29 is 18.3 Å². The predicted molar refractivity (Wildman–Crippen MR) is 138 cm³/mol. The van der Waals surface area contributed by atoms with Crippen LogP contribution in [0.3, 0.4) is 0 Å². The van der Waals surface area contributed by atoms with E-state index >= 15 is 0 Å². The highest BCUT2D eigenvalue weighted by Gasteiger charge is 2.07. The summed E-state index contributed by atoms with van der Waals surface area (Å²) in [7, 11) is 0. The van der Waals surface area contributed by atoms with E-state index in [1.54, 1.807) is 24.3 Å². The Morgan fingerprint density at radius 2 is 1.11 bits per heavy atom. The molecule has 0 fully saturated rings. The molecule has 0 spiro atoms. The Morgan fingerprint density at radius 3 is 1.69 bits per heavy atom. The molecule has 36 heavy (non-hydrogen) atoms. The molecule has 3 nitrogen and oxygen atoms in total. The summed E-state index contributed by atoms with van der Waals surface area (Å²) in [5.41, 5.74) is 3.85. The Kier molecular flexibility index (Phi) is 8.67. The Hall–Kier alpha value is -4.17. The second-order valence-corrected chi connectivity index (χ2v) is 8.47. The number of nitrogens with zero attached hydrogens (tertiary/aromatic N) is 1. The van der Waals surface area contributed by atoms with Crippen molar-refractivity contribution in [3.05, 3.63) is 108 Å². The third-order valence-electron chi connectivity index (χ3n) is 5.87. The average molecular weight is 484 g/mol. The monoisotopic (exact) mass is 483 g/mol. The third kappa shape index (κ3) is 6.93. The molecule has 0 aliphatic heterocycles. The van der Waals surface area contributed by atoms with Crippen molar-refractivity contribution in [2.75, 3.05) is 13.2 Å². The van der Waals surface area contributed by atoms with E-state index in [4.69, 9.17) is 14.7 Å². The van der Waals surface area contributed by atoms with Crippen molar-refractivity contribution >= 4 is 0 Å². The van der Waals surface area contributed by atoms with Gasteiger partial charge in [0.25, 0.3) is 0 Å². The van der Waals surface area contributed by atoms with E-state index in [-0.39, 0.29) is 11.6 Å². The first kappa shape index (κ1) is 24.9. The fourth-order valence-electron chi connectivity index (χ4n) is 3.87. The van der Waals surface area contributed by atoms with Gasteiger partial charge in [-0.25, -0.2) is 8.78 Å². The Bertz CT molecular complexity index is 1290. The van der Waals surface area contributed by atoms with Gasteiger partial charge in [0.05, 0.1) is 24.8 Å². The van der Waals surface area contributed by atoms with Crippen LogP contribution in [0.15, 0.2) is 91.0 Å². The normalized spacial score (nSPS) is 10.6. The molecule has 182 valence electrons. The topological polar surface area (TPSA) is 42.2 Å². The maximum Gasteiger partial charge on any atom is 0.134 e. The lowest BCUT2D eigenvalue weighted by molar-refractivity contribution is 0.287. The Morgan fingerprint density at radius 1 is 0.583 bits per heavy atom. The van der Waals surface area contributed by atoms with Crippen LogP contribution in [0.4, 0.5) is 8.78 Å². The quantitative estimate of drug-likeness (QED) is 0.202. The molecule has 4 aromatic carbocycles. The number of unbranched alkanes of at least 4 members (excludes halogenated alkanes) is 3. The first-order chi connectivity index (χ1) is 17.6. The summed E-state index contributed by atoms with van der Waals surface area (Å²) in [5.74, 6) is 0.592. The molecule has 0 aliphatic carbocycles. The van der Waals surface area contributed by atoms with Crippen LogP contribution in [0.2, 0.25) is 0 Å². The van der Waals surface area contributed by atoms with Crippen LogP contribution < -0.4 is 9.47 Å². The molecule has 0 radical (unpaired) electrons. The highest BCUT2D eigenvalue weighted by atomic mass is 19.1. The molecule has 4 rings (SSSR count). The van der Waals surface area contributed by atoms with Crippen LogP contribution >= 0.6 is 0 Å². The summed E-state index contributed by atoms with van der Waals surface area (Å²) in [4.78, 5) is 0. The molecule has 0 saturated heterocycles. The Labute approximate surface area is 210 Å². The first-order valence-corrected chi connectivity index (χ1v) is 12.0. The van der Waals surface area contributed by atoms with Crippen LogP contribution in [0.25, 0.3) is 22.3 Å². The average Bonchev–Trinajstić information content (AvgIpc) is 2.91. The molecule has 0 atom stereocenters. The van der Waals surface area contributed by atoms with E-state index in [0.29, 0.717) is 35.7 Å². The van der Waals surface area contributed by atoms with Crippen LogP contribution in [0, 0.1) is 23.0 Å². The van der Waals surface area contributed by atoms with E-state index in [9.17, 15) is 8.78 Å². The maximum absolute atomic E-state index is 14.4. The van der Waals surface area contributed by atoms with Gasteiger partial charge in [0.2, 0.25) is 0 Å². The number of hydrogen-bond acceptors (Lipinski definition) is 3. The Balaban J connectivity index is 1.11. The van der Waals surface area contributed by atoms with E-state index < -0.39 is 0 Å². The zero-order valence-electron chi connectivity index (χ0n) is 19.9. The van der Waals surface area contributed by atoms with Crippen molar-refractivity contribution in [2.24, 2.45) is 0 Å². The molecule has 0 saturated carbocycles. The standard InChI is InChI=1S/C31H27F2NO2/c32-27-13-9-26(10-14-27)30-18-17-29(21-31(30)33)36-20-4-2-1-3-19-35-28-15-11-25(12-16-28)24-7-5-23(22-34)6-8-24/h5-18,21H,1-4,19-20H2. The van der Waals surface area contributed by atoms with Gasteiger partial charge in [-0.3, -0.25) is 0 Å². The summed E-state index contributed by atoms with van der Waals surface area (Å²) in [5, 5.41) is 8.91. The van der Waals surface area contributed by atoms with Crippen molar-refractivity contribution in [3.63, 3.8) is 0 Å². The van der Waals surface area contributed by atoms with Gasteiger partial charge in [-0.05, 0) is 90.9 Å². The molecule has 0 bridgehead atoms. The molecule has 0 amide bonds. The van der Waals surface area contributed by atoms with Crippen molar-refractivity contribution in [3.8, 4) is 39.8 Å². The predicted octanol–water partition coefficient (Wildman–Crippen LogP) is 8.19. The van der Waals surface area contributed by atoms with Crippen LogP contribution in [-0.4, -0.2) is 13.2 Å². The van der Waals surface area contributed by atoms with Gasteiger partial charge in [-0.2, -0.15) is 5.26 Å². The number of nitriles is 1. The third-order valence-corrected chi connectivity index (χ3v) is 5.87. The van der Waals surface area contributed by atoms with Gasteiger partial charge in [0.1, 0.15) is 23.1 Å². The lowest BCUT2D eigenvalue weighted by Crippen LogP contribution is -2.00. The first-order valence-electron chi connectivity index (χ1n) is 12.0. The van der Waals surface area contributed by atoms with Crippen molar-refractivity contribution in [1.29, 1.82) is 5.26 Å². The summed E-state index contributed by atoms with van der Waals surface area (Å²) in [6.07, 6.45) is 3.83. The number of halogens is 2. The van der Waals surface area contributed by atoms with E-state index in [1.165, 1.54) is 18.2 Å². The molecule has 0 N–H and O–H groups in total. The molecule has 0 heterocycles. The second kappa shape index (κ2) is 12.5. The zero-order valence-corrected chi connectivity index (χ0v) is 19.9. The summed E-state index contributed by atoms with van der Waals surface area (Å²) in [6, 6.07) is 28.1. The number of rotatable bonds is 11. The van der Waals surface area contributed by atoms with Gasteiger partial charge in [-0.15, -0.1) is 0 Å². The lowest BCUT2D eigenvalue weighted by atomic mass is 10.0.